The van der Waals surface area contributed by atoms with Crippen molar-refractivity contribution in [3.05, 3.63) is 41.3 Å². The Balaban J connectivity index is 1.95. The van der Waals surface area contributed by atoms with Crippen molar-refractivity contribution in [1.29, 1.82) is 0 Å². The second-order valence-electron chi connectivity index (χ2n) is 5.80. The number of fused-ring (bicyclic) bond motifs is 2. The van der Waals surface area contributed by atoms with Crippen molar-refractivity contribution in [3.8, 4) is 11.3 Å². The Morgan fingerprint density at radius 2 is 2.00 bits per heavy atom. The molecule has 4 heteroatoms. The molecule has 1 amide bonds. The summed E-state index contributed by atoms with van der Waals surface area (Å²) in [5.74, 6) is -0.300. The Hall–Kier alpha value is -2.10. The molecule has 102 valence electrons. The molecule has 1 saturated carbocycles. The number of anilines is 1. The van der Waals surface area contributed by atoms with E-state index >= 15 is 0 Å². The van der Waals surface area contributed by atoms with E-state index in [2.05, 4.69) is 5.32 Å². The van der Waals surface area contributed by atoms with E-state index in [0.717, 1.165) is 24.2 Å². The van der Waals surface area contributed by atoms with Crippen LogP contribution in [0.1, 0.15) is 24.1 Å². The normalized spacial score (nSPS) is 18.2. The SMILES string of the molecule is Cc1ccc(-c2ccc3c(c2F)C2(CC2)C(=O)N3)n1C. The number of carbonyl (C=O) groups is 1. The Morgan fingerprint density at radius 3 is 2.60 bits per heavy atom. The summed E-state index contributed by atoms with van der Waals surface area (Å²) < 4.78 is 16.9. The molecule has 2 heterocycles. The first-order valence-electron chi connectivity index (χ1n) is 6.82. The van der Waals surface area contributed by atoms with E-state index in [0.29, 0.717) is 16.8 Å². The fourth-order valence-electron chi connectivity index (χ4n) is 3.19. The van der Waals surface area contributed by atoms with Gasteiger partial charge < -0.3 is 9.88 Å². The maximum Gasteiger partial charge on any atom is 0.235 e. The van der Waals surface area contributed by atoms with Gasteiger partial charge in [-0.25, -0.2) is 4.39 Å². The van der Waals surface area contributed by atoms with Crippen LogP contribution in [-0.2, 0) is 17.3 Å². The van der Waals surface area contributed by atoms with Gasteiger partial charge in [-0.05, 0) is 44.0 Å². The summed E-state index contributed by atoms with van der Waals surface area (Å²) in [5.41, 5.74) is 3.11. The lowest BCUT2D eigenvalue weighted by Gasteiger charge is -2.12. The Bertz CT molecular complexity index is 756. The zero-order chi connectivity index (χ0) is 14.1. The van der Waals surface area contributed by atoms with Crippen LogP contribution < -0.4 is 5.32 Å². The fourth-order valence-corrected chi connectivity index (χ4v) is 3.19. The molecule has 20 heavy (non-hydrogen) atoms. The predicted molar refractivity (Wildman–Crippen MR) is 75.1 cm³/mol. The Kier molecular flexibility index (Phi) is 2.05. The minimum atomic E-state index is -0.588. The first kappa shape index (κ1) is 11.7. The molecular weight excluding hydrogens is 255 g/mol. The molecular formula is C16H15FN2O. The number of nitrogens with zero attached hydrogens (tertiary/aromatic N) is 1. The highest BCUT2D eigenvalue weighted by Gasteiger charge is 2.58. The zero-order valence-corrected chi connectivity index (χ0v) is 11.5. The number of aryl methyl sites for hydroxylation is 1. The van der Waals surface area contributed by atoms with E-state index in [9.17, 15) is 9.18 Å². The maximum atomic E-state index is 15.0. The lowest BCUT2D eigenvalue weighted by molar-refractivity contribution is -0.117. The van der Waals surface area contributed by atoms with Gasteiger partial charge >= 0.3 is 0 Å². The third-order valence-corrected chi connectivity index (χ3v) is 4.70. The van der Waals surface area contributed by atoms with Crippen LogP contribution >= 0.6 is 0 Å². The number of nitrogens with one attached hydrogen (secondary N) is 1. The van der Waals surface area contributed by atoms with E-state index in [-0.39, 0.29) is 11.7 Å². The molecule has 1 fully saturated rings. The number of amides is 1. The number of benzene rings is 1. The summed E-state index contributed by atoms with van der Waals surface area (Å²) in [6.07, 6.45) is 1.50. The van der Waals surface area contributed by atoms with Gasteiger partial charge in [0.15, 0.2) is 0 Å². The predicted octanol–water partition coefficient (Wildman–Crippen LogP) is 3.12. The van der Waals surface area contributed by atoms with Gasteiger partial charge in [0.05, 0.1) is 11.1 Å². The van der Waals surface area contributed by atoms with Crippen LogP contribution in [-0.4, -0.2) is 10.5 Å². The number of hydrogen-bond acceptors (Lipinski definition) is 1. The van der Waals surface area contributed by atoms with Crippen LogP contribution in [0.25, 0.3) is 11.3 Å². The van der Waals surface area contributed by atoms with Crippen molar-refractivity contribution in [3.63, 3.8) is 0 Å². The van der Waals surface area contributed by atoms with Crippen LogP contribution in [0.2, 0.25) is 0 Å². The number of rotatable bonds is 1. The average molecular weight is 270 g/mol. The molecule has 1 aliphatic carbocycles. The second kappa shape index (κ2) is 3.51. The van der Waals surface area contributed by atoms with E-state index in [1.165, 1.54) is 0 Å². The van der Waals surface area contributed by atoms with Crippen molar-refractivity contribution in [2.24, 2.45) is 7.05 Å². The topological polar surface area (TPSA) is 34.0 Å². The molecule has 1 N–H and O–H groups in total. The molecule has 1 aromatic heterocycles. The lowest BCUT2D eigenvalue weighted by Crippen LogP contribution is -2.19. The van der Waals surface area contributed by atoms with Crippen molar-refractivity contribution in [1.82, 2.24) is 4.57 Å². The van der Waals surface area contributed by atoms with Crippen LogP contribution in [0.3, 0.4) is 0 Å². The highest BCUT2D eigenvalue weighted by molar-refractivity contribution is 6.08. The quantitative estimate of drug-likeness (QED) is 0.848. The number of carbonyl (C=O) groups excluding carboxylic acids is 1. The van der Waals surface area contributed by atoms with Crippen LogP contribution in [0.5, 0.6) is 0 Å². The Morgan fingerprint density at radius 1 is 1.25 bits per heavy atom. The van der Waals surface area contributed by atoms with Crippen molar-refractivity contribution < 1.29 is 9.18 Å². The summed E-state index contributed by atoms with van der Waals surface area (Å²) in [6.45, 7) is 1.99. The summed E-state index contributed by atoms with van der Waals surface area (Å²) in [4.78, 5) is 12.0. The van der Waals surface area contributed by atoms with Gasteiger partial charge in [-0.1, -0.05) is 0 Å². The molecule has 3 nitrogen and oxygen atoms in total. The number of aromatic nitrogens is 1. The van der Waals surface area contributed by atoms with Gasteiger partial charge in [0.25, 0.3) is 0 Å². The summed E-state index contributed by atoms with van der Waals surface area (Å²) in [5, 5.41) is 2.80. The highest BCUT2D eigenvalue weighted by atomic mass is 19.1. The minimum absolute atomic E-state index is 0.0494. The molecule has 2 aromatic rings. The molecule has 1 aliphatic heterocycles. The van der Waals surface area contributed by atoms with Crippen LogP contribution in [0.4, 0.5) is 10.1 Å². The molecule has 4 rings (SSSR count). The molecule has 1 spiro atoms. The first-order chi connectivity index (χ1) is 9.54. The van der Waals surface area contributed by atoms with Gasteiger partial charge in [-0.2, -0.15) is 0 Å². The van der Waals surface area contributed by atoms with Crippen molar-refractivity contribution in [2.45, 2.75) is 25.2 Å². The summed E-state index contributed by atoms with van der Waals surface area (Å²) in [6, 6.07) is 7.47. The molecule has 2 aliphatic rings. The first-order valence-corrected chi connectivity index (χ1v) is 6.82. The zero-order valence-electron chi connectivity index (χ0n) is 11.5. The van der Waals surface area contributed by atoms with Gasteiger partial charge in [-0.15, -0.1) is 0 Å². The smallest absolute Gasteiger partial charge is 0.235 e. The summed E-state index contributed by atoms with van der Waals surface area (Å²) in [7, 11) is 1.92. The molecule has 0 saturated heterocycles. The molecule has 0 radical (unpaired) electrons. The summed E-state index contributed by atoms with van der Waals surface area (Å²) >= 11 is 0. The molecule has 0 bridgehead atoms. The number of hydrogen-bond donors (Lipinski definition) is 1. The second-order valence-corrected chi connectivity index (χ2v) is 5.80. The van der Waals surface area contributed by atoms with Crippen molar-refractivity contribution in [2.75, 3.05) is 5.32 Å². The monoisotopic (exact) mass is 270 g/mol. The lowest BCUT2D eigenvalue weighted by atomic mass is 9.94. The minimum Gasteiger partial charge on any atom is -0.348 e. The van der Waals surface area contributed by atoms with Gasteiger partial charge in [0.1, 0.15) is 5.82 Å². The third kappa shape index (κ3) is 1.26. The van der Waals surface area contributed by atoms with Crippen molar-refractivity contribution >= 4 is 11.6 Å². The number of halogens is 1. The van der Waals surface area contributed by atoms with E-state index < -0.39 is 5.41 Å². The maximum absolute atomic E-state index is 15.0. The third-order valence-electron chi connectivity index (χ3n) is 4.70. The van der Waals surface area contributed by atoms with Crippen LogP contribution in [0.15, 0.2) is 24.3 Å². The standard InChI is InChI=1S/C16H15FN2O/c1-9-3-6-12(19(9)2)10-4-5-11-13(14(10)17)16(7-8-16)15(20)18-11/h3-6H,7-8H2,1-2H3,(H,18,20). The van der Waals surface area contributed by atoms with E-state index in [1.807, 2.05) is 36.7 Å². The molecule has 0 atom stereocenters. The van der Waals surface area contributed by atoms with E-state index in [1.54, 1.807) is 6.07 Å². The Labute approximate surface area is 116 Å². The largest absolute Gasteiger partial charge is 0.348 e. The average Bonchev–Trinajstić information content (AvgIpc) is 3.07. The molecule has 1 aromatic carbocycles. The van der Waals surface area contributed by atoms with Gasteiger partial charge in [0, 0.05) is 29.6 Å². The molecule has 0 unspecified atom stereocenters. The van der Waals surface area contributed by atoms with Crippen LogP contribution in [0, 0.1) is 12.7 Å². The fraction of sp³-hybridized carbons (Fsp3) is 0.312. The van der Waals surface area contributed by atoms with Gasteiger partial charge in [-0.3, -0.25) is 4.79 Å². The van der Waals surface area contributed by atoms with Gasteiger partial charge in [0.2, 0.25) is 5.91 Å². The van der Waals surface area contributed by atoms with E-state index in [4.69, 9.17) is 0 Å². The highest BCUT2D eigenvalue weighted by Crippen LogP contribution is 2.56.